The average Bonchev–Trinajstić information content (AvgIpc) is 2.64. The molecule has 1 saturated carbocycles. The fraction of sp³-hybridized carbons (Fsp3) is 0.857. The number of halogens is 2. The molecule has 0 aliphatic heterocycles. The smallest absolute Gasteiger partial charge is 0.248 e. The van der Waals surface area contributed by atoms with E-state index in [0.717, 1.165) is 32.2 Å². The third-order valence-corrected chi connectivity index (χ3v) is 3.50. The Labute approximate surface area is 103 Å². The average molecular weight is 243 g/mol. The largest absolute Gasteiger partial charge is 0.314 e. The maximum Gasteiger partial charge on any atom is 0.248 e. The van der Waals surface area contributed by atoms with Crippen molar-refractivity contribution in [2.45, 2.75) is 63.8 Å². The van der Waals surface area contributed by atoms with Crippen molar-refractivity contribution in [3.05, 3.63) is 0 Å². The molecule has 2 unspecified atom stereocenters. The van der Waals surface area contributed by atoms with E-state index in [-0.39, 0.29) is 24.8 Å². The van der Waals surface area contributed by atoms with Gasteiger partial charge in [0.1, 0.15) is 0 Å². The lowest BCUT2D eigenvalue weighted by atomic mass is 9.93. The summed E-state index contributed by atoms with van der Waals surface area (Å²) in [5.41, 5.74) is 0. The first-order valence-corrected chi connectivity index (χ1v) is 6.63. The third-order valence-electron chi connectivity index (χ3n) is 3.50. The summed E-state index contributed by atoms with van der Waals surface area (Å²) in [6.07, 6.45) is 9.60. The van der Waals surface area contributed by atoms with Gasteiger partial charge in [-0.2, -0.15) is 0 Å². The summed E-state index contributed by atoms with van der Waals surface area (Å²) >= 11 is 0. The van der Waals surface area contributed by atoms with Crippen LogP contribution in [-0.4, -0.2) is 18.5 Å². The zero-order chi connectivity index (χ0) is 12.7. The van der Waals surface area contributed by atoms with E-state index in [4.69, 9.17) is 6.42 Å². The molecule has 0 radical (unpaired) electrons. The molecule has 0 aromatic carbocycles. The van der Waals surface area contributed by atoms with Crippen LogP contribution < -0.4 is 5.32 Å². The highest BCUT2D eigenvalue weighted by Gasteiger charge is 2.41. The van der Waals surface area contributed by atoms with Gasteiger partial charge in [0.15, 0.2) is 0 Å². The maximum atomic E-state index is 13.2. The highest BCUT2D eigenvalue weighted by Crippen LogP contribution is 2.41. The van der Waals surface area contributed by atoms with Gasteiger partial charge in [0.25, 0.3) is 0 Å². The summed E-state index contributed by atoms with van der Waals surface area (Å²) in [7, 11) is 0. The highest BCUT2D eigenvalue weighted by atomic mass is 19.3. The van der Waals surface area contributed by atoms with Crippen molar-refractivity contribution in [3.63, 3.8) is 0 Å². The molecular weight excluding hydrogens is 220 g/mol. The van der Waals surface area contributed by atoms with Crippen LogP contribution in [0.3, 0.4) is 0 Å². The summed E-state index contributed by atoms with van der Waals surface area (Å²) in [4.78, 5) is 0. The van der Waals surface area contributed by atoms with Gasteiger partial charge in [0.05, 0.1) is 0 Å². The second kappa shape index (κ2) is 6.96. The Morgan fingerprint density at radius 3 is 2.82 bits per heavy atom. The molecule has 0 aromatic rings. The van der Waals surface area contributed by atoms with E-state index >= 15 is 0 Å². The van der Waals surface area contributed by atoms with E-state index in [0.29, 0.717) is 6.42 Å². The van der Waals surface area contributed by atoms with E-state index in [1.807, 2.05) is 0 Å². The molecule has 3 heteroatoms. The summed E-state index contributed by atoms with van der Waals surface area (Å²) in [6, 6.07) is 0.219. The second-order valence-electron chi connectivity index (χ2n) is 5.02. The number of hydrogen-bond acceptors (Lipinski definition) is 1. The van der Waals surface area contributed by atoms with E-state index in [9.17, 15) is 8.78 Å². The van der Waals surface area contributed by atoms with Crippen molar-refractivity contribution >= 4 is 0 Å². The van der Waals surface area contributed by atoms with E-state index in [1.165, 1.54) is 0 Å². The van der Waals surface area contributed by atoms with Crippen molar-refractivity contribution < 1.29 is 8.78 Å². The van der Waals surface area contributed by atoms with Crippen LogP contribution in [0.25, 0.3) is 0 Å². The summed E-state index contributed by atoms with van der Waals surface area (Å²) < 4.78 is 26.4. The van der Waals surface area contributed by atoms with Gasteiger partial charge < -0.3 is 5.32 Å². The molecule has 0 heterocycles. The van der Waals surface area contributed by atoms with Crippen molar-refractivity contribution in [3.8, 4) is 12.3 Å². The Balaban J connectivity index is 2.42. The molecule has 2 atom stereocenters. The predicted octanol–water partition coefficient (Wildman–Crippen LogP) is 3.59. The van der Waals surface area contributed by atoms with Crippen LogP contribution in [0.2, 0.25) is 0 Å². The molecule has 0 bridgehead atoms. The Morgan fingerprint density at radius 2 is 2.29 bits per heavy atom. The second-order valence-corrected chi connectivity index (χ2v) is 5.02. The van der Waals surface area contributed by atoms with Crippen LogP contribution in [0.4, 0.5) is 8.78 Å². The first-order valence-electron chi connectivity index (χ1n) is 6.63. The number of unbranched alkanes of at least 4 members (excludes halogenated alkanes) is 1. The number of hydrogen-bond donors (Lipinski definition) is 1. The zero-order valence-electron chi connectivity index (χ0n) is 10.6. The fourth-order valence-electron chi connectivity index (χ4n) is 2.59. The van der Waals surface area contributed by atoms with Gasteiger partial charge in [-0.25, -0.2) is 8.78 Å². The van der Waals surface area contributed by atoms with Crippen molar-refractivity contribution in [1.82, 2.24) is 5.32 Å². The van der Waals surface area contributed by atoms with Gasteiger partial charge in [-0.15, -0.1) is 12.3 Å². The Bertz CT molecular complexity index is 257. The van der Waals surface area contributed by atoms with Crippen LogP contribution in [0.5, 0.6) is 0 Å². The zero-order valence-corrected chi connectivity index (χ0v) is 10.6. The summed E-state index contributed by atoms with van der Waals surface area (Å²) in [5.74, 6) is 0.288. The molecule has 0 amide bonds. The first-order chi connectivity index (χ1) is 8.09. The van der Waals surface area contributed by atoms with Crippen molar-refractivity contribution in [2.24, 2.45) is 5.92 Å². The van der Waals surface area contributed by atoms with Crippen LogP contribution in [-0.2, 0) is 0 Å². The van der Waals surface area contributed by atoms with Crippen molar-refractivity contribution in [1.29, 1.82) is 0 Å². The molecule has 0 saturated heterocycles. The normalized spacial score (nSPS) is 24.5. The van der Waals surface area contributed by atoms with Crippen LogP contribution in [0, 0.1) is 18.3 Å². The minimum Gasteiger partial charge on any atom is -0.314 e. The number of terminal acetylenes is 1. The van der Waals surface area contributed by atoms with Gasteiger partial charge in [0, 0.05) is 25.3 Å². The minimum absolute atomic E-state index is 0.0461. The van der Waals surface area contributed by atoms with E-state index in [2.05, 4.69) is 18.2 Å². The standard InChI is InChI=1S/C14H23F2N/c1-3-5-6-7-13(17-10-4-2)12-8-9-14(15,16)11-12/h1,12-13,17H,4-11H2,2H3. The van der Waals surface area contributed by atoms with Gasteiger partial charge in [0.2, 0.25) is 5.92 Å². The van der Waals surface area contributed by atoms with E-state index in [1.54, 1.807) is 0 Å². The molecule has 1 aliphatic carbocycles. The SMILES string of the molecule is C#CCCCC(NCCC)C1CCC(F)(F)C1. The molecule has 1 fully saturated rings. The van der Waals surface area contributed by atoms with Crippen LogP contribution in [0.1, 0.15) is 51.9 Å². The topological polar surface area (TPSA) is 12.0 Å². The summed E-state index contributed by atoms with van der Waals surface area (Å²) in [5, 5.41) is 3.41. The van der Waals surface area contributed by atoms with E-state index < -0.39 is 5.92 Å². The number of alkyl halides is 2. The monoisotopic (exact) mass is 243 g/mol. The molecule has 0 aromatic heterocycles. The number of nitrogens with one attached hydrogen (secondary N) is 1. The molecule has 1 N–H and O–H groups in total. The van der Waals surface area contributed by atoms with Gasteiger partial charge in [-0.1, -0.05) is 6.92 Å². The van der Waals surface area contributed by atoms with Gasteiger partial charge >= 0.3 is 0 Å². The molecule has 1 nitrogen and oxygen atoms in total. The first kappa shape index (κ1) is 14.4. The molecule has 1 rings (SSSR count). The fourth-order valence-corrected chi connectivity index (χ4v) is 2.59. The minimum atomic E-state index is -2.44. The molecule has 98 valence electrons. The van der Waals surface area contributed by atoms with Crippen molar-refractivity contribution in [2.75, 3.05) is 6.54 Å². The lowest BCUT2D eigenvalue weighted by molar-refractivity contribution is 0.00312. The lowest BCUT2D eigenvalue weighted by Gasteiger charge is -2.24. The Morgan fingerprint density at radius 1 is 1.53 bits per heavy atom. The Hall–Kier alpha value is -0.620. The third kappa shape index (κ3) is 5.04. The number of rotatable bonds is 7. The summed E-state index contributed by atoms with van der Waals surface area (Å²) in [6.45, 7) is 3.00. The Kier molecular flexibility index (Phi) is 5.91. The lowest BCUT2D eigenvalue weighted by Crippen LogP contribution is -2.36. The quantitative estimate of drug-likeness (QED) is 0.532. The maximum absolute atomic E-state index is 13.2. The van der Waals surface area contributed by atoms with Crippen LogP contribution >= 0.6 is 0 Å². The predicted molar refractivity (Wildman–Crippen MR) is 67.1 cm³/mol. The molecular formula is C14H23F2N. The van der Waals surface area contributed by atoms with Gasteiger partial charge in [-0.3, -0.25) is 0 Å². The van der Waals surface area contributed by atoms with Crippen LogP contribution in [0.15, 0.2) is 0 Å². The molecule has 17 heavy (non-hydrogen) atoms. The van der Waals surface area contributed by atoms with Gasteiger partial charge in [-0.05, 0) is 38.1 Å². The highest BCUT2D eigenvalue weighted by molar-refractivity contribution is 4.90. The molecule has 1 aliphatic rings. The molecule has 0 spiro atoms.